The zero-order chi connectivity index (χ0) is 22.6. The van der Waals surface area contributed by atoms with Crippen LogP contribution < -0.4 is 25.9 Å². The first-order valence-corrected chi connectivity index (χ1v) is 11.6. The second kappa shape index (κ2) is 7.39. The zero-order valence-electron chi connectivity index (χ0n) is 18.8. The van der Waals surface area contributed by atoms with Gasteiger partial charge >= 0.3 is 0 Å². The number of hydrogen-bond donors (Lipinski definition) is 0. The molecule has 0 bridgehead atoms. The average molecular weight is 436 g/mol. The fourth-order valence-electron chi connectivity index (χ4n) is 5.31. The van der Waals surface area contributed by atoms with Crippen LogP contribution in [-0.4, -0.2) is 6.71 Å². The van der Waals surface area contributed by atoms with Gasteiger partial charge in [-0.25, -0.2) is 0 Å². The molecule has 7 rings (SSSR count). The van der Waals surface area contributed by atoms with E-state index in [-0.39, 0.29) is 6.71 Å². The SMILES string of the molecule is Cc1ccccc1-c1cc2c3c(c1)Oc1cc(-c4ccccc4)ccc1B3c1ccccc1O2. The molecule has 0 amide bonds. The monoisotopic (exact) mass is 436 g/mol. The molecule has 3 heteroatoms. The Labute approximate surface area is 199 Å². The third-order valence-electron chi connectivity index (χ3n) is 6.95. The molecule has 160 valence electrons. The van der Waals surface area contributed by atoms with E-state index in [4.69, 9.17) is 9.47 Å². The molecule has 2 nitrogen and oxygen atoms in total. The van der Waals surface area contributed by atoms with E-state index < -0.39 is 0 Å². The molecule has 5 aromatic rings. The van der Waals surface area contributed by atoms with E-state index in [0.717, 1.165) is 39.6 Å². The molecule has 0 atom stereocenters. The summed E-state index contributed by atoms with van der Waals surface area (Å²) in [5, 5.41) is 0. The number of benzene rings is 5. The first-order chi connectivity index (χ1) is 16.8. The lowest BCUT2D eigenvalue weighted by molar-refractivity contribution is 0.465. The summed E-state index contributed by atoms with van der Waals surface area (Å²) in [7, 11) is 0. The van der Waals surface area contributed by atoms with Crippen LogP contribution in [0.25, 0.3) is 22.3 Å². The first-order valence-electron chi connectivity index (χ1n) is 11.6. The molecule has 0 spiro atoms. The van der Waals surface area contributed by atoms with E-state index in [1.165, 1.54) is 27.6 Å². The van der Waals surface area contributed by atoms with Crippen molar-refractivity contribution in [2.45, 2.75) is 6.92 Å². The van der Waals surface area contributed by atoms with Crippen LogP contribution in [0.5, 0.6) is 23.0 Å². The Morgan fingerprint density at radius 2 is 1.15 bits per heavy atom. The lowest BCUT2D eigenvalue weighted by atomic mass is 9.35. The Hall–Kier alpha value is -4.24. The van der Waals surface area contributed by atoms with Gasteiger partial charge in [0.05, 0.1) is 0 Å². The van der Waals surface area contributed by atoms with Crippen molar-refractivity contribution in [3.63, 3.8) is 0 Å². The standard InChI is InChI=1S/C31H21BO2/c1-20-9-5-6-12-24(20)23-18-29-31-30(19-23)34-28-17-22(21-10-3-2-4-11-21)15-16-26(28)32(31)25-13-7-8-14-27(25)33-29/h2-19H,1H3. The molecule has 2 aliphatic heterocycles. The highest BCUT2D eigenvalue weighted by atomic mass is 16.5. The van der Waals surface area contributed by atoms with E-state index in [1.807, 2.05) is 12.1 Å². The van der Waals surface area contributed by atoms with Crippen LogP contribution in [0.4, 0.5) is 0 Å². The molecule has 0 radical (unpaired) electrons. The van der Waals surface area contributed by atoms with Gasteiger partial charge in [0, 0.05) is 5.46 Å². The van der Waals surface area contributed by atoms with Crippen molar-refractivity contribution in [1.29, 1.82) is 0 Å². The normalized spacial score (nSPS) is 12.7. The smallest absolute Gasteiger partial charge is 0.260 e. The van der Waals surface area contributed by atoms with E-state index in [1.54, 1.807) is 0 Å². The van der Waals surface area contributed by atoms with Gasteiger partial charge in [-0.2, -0.15) is 0 Å². The predicted octanol–water partition coefficient (Wildman–Crippen LogP) is 6.06. The number of fused-ring (bicyclic) bond motifs is 4. The minimum Gasteiger partial charge on any atom is -0.458 e. The highest BCUT2D eigenvalue weighted by Gasteiger charge is 2.40. The van der Waals surface area contributed by atoms with Crippen LogP contribution >= 0.6 is 0 Å². The van der Waals surface area contributed by atoms with Gasteiger partial charge in [-0.1, -0.05) is 84.9 Å². The average Bonchev–Trinajstić information content (AvgIpc) is 2.88. The quantitative estimate of drug-likeness (QED) is 0.307. The van der Waals surface area contributed by atoms with Crippen LogP contribution in [0.15, 0.2) is 109 Å². The minimum absolute atomic E-state index is 0.0782. The van der Waals surface area contributed by atoms with Crippen LogP contribution in [0.1, 0.15) is 5.56 Å². The van der Waals surface area contributed by atoms with Crippen molar-refractivity contribution in [2.75, 3.05) is 0 Å². The van der Waals surface area contributed by atoms with Gasteiger partial charge in [-0.05, 0) is 69.9 Å². The Morgan fingerprint density at radius 1 is 0.500 bits per heavy atom. The molecule has 5 aromatic carbocycles. The summed E-state index contributed by atoms with van der Waals surface area (Å²) in [6.07, 6.45) is 0. The van der Waals surface area contributed by atoms with Gasteiger partial charge < -0.3 is 9.47 Å². The molecule has 0 aromatic heterocycles. The van der Waals surface area contributed by atoms with Crippen molar-refractivity contribution < 1.29 is 9.47 Å². The van der Waals surface area contributed by atoms with Crippen molar-refractivity contribution in [3.8, 4) is 45.3 Å². The van der Waals surface area contributed by atoms with Crippen LogP contribution in [0, 0.1) is 6.92 Å². The zero-order valence-corrected chi connectivity index (χ0v) is 18.8. The molecular weight excluding hydrogens is 415 g/mol. The maximum Gasteiger partial charge on any atom is 0.260 e. The maximum absolute atomic E-state index is 6.62. The van der Waals surface area contributed by atoms with E-state index >= 15 is 0 Å². The van der Waals surface area contributed by atoms with E-state index in [2.05, 4.69) is 104 Å². The van der Waals surface area contributed by atoms with Crippen molar-refractivity contribution in [3.05, 3.63) is 115 Å². The van der Waals surface area contributed by atoms with Gasteiger partial charge in [-0.15, -0.1) is 0 Å². The summed E-state index contributed by atoms with van der Waals surface area (Å²) in [5.74, 6) is 3.56. The third-order valence-corrected chi connectivity index (χ3v) is 6.95. The number of hydrogen-bond acceptors (Lipinski definition) is 2. The molecule has 2 heterocycles. The molecule has 0 fully saturated rings. The number of aryl methyl sites for hydroxylation is 1. The van der Waals surface area contributed by atoms with Gasteiger partial charge in [0.1, 0.15) is 23.0 Å². The van der Waals surface area contributed by atoms with Crippen molar-refractivity contribution in [2.24, 2.45) is 0 Å². The second-order valence-corrected chi connectivity index (χ2v) is 8.99. The molecule has 0 N–H and O–H groups in total. The Balaban J connectivity index is 1.46. The van der Waals surface area contributed by atoms with Gasteiger partial charge in [0.25, 0.3) is 6.71 Å². The first kappa shape index (κ1) is 19.3. The topological polar surface area (TPSA) is 18.5 Å². The summed E-state index contributed by atoms with van der Waals surface area (Å²) in [6.45, 7) is 2.22. The summed E-state index contributed by atoms with van der Waals surface area (Å²) in [4.78, 5) is 0. The van der Waals surface area contributed by atoms with Crippen LogP contribution in [0.3, 0.4) is 0 Å². The fraction of sp³-hybridized carbons (Fsp3) is 0.0323. The minimum atomic E-state index is 0.0782. The Morgan fingerprint density at radius 3 is 1.97 bits per heavy atom. The predicted molar refractivity (Wildman–Crippen MR) is 140 cm³/mol. The lowest BCUT2D eigenvalue weighted by Crippen LogP contribution is -2.57. The summed E-state index contributed by atoms with van der Waals surface area (Å²) in [6, 6.07) is 38.2. The van der Waals surface area contributed by atoms with Crippen LogP contribution in [-0.2, 0) is 0 Å². The highest BCUT2D eigenvalue weighted by molar-refractivity contribution is 6.98. The lowest BCUT2D eigenvalue weighted by Gasteiger charge is -2.33. The molecule has 0 saturated carbocycles. The number of rotatable bonds is 2. The van der Waals surface area contributed by atoms with Gasteiger partial charge in [0.2, 0.25) is 0 Å². The molecule has 0 unspecified atom stereocenters. The summed E-state index contributed by atoms with van der Waals surface area (Å²) >= 11 is 0. The largest absolute Gasteiger partial charge is 0.458 e. The highest BCUT2D eigenvalue weighted by Crippen LogP contribution is 2.39. The maximum atomic E-state index is 6.62. The number of ether oxygens (including phenoxy) is 2. The molecular formula is C31H21BO2. The van der Waals surface area contributed by atoms with Gasteiger partial charge in [-0.3, -0.25) is 0 Å². The van der Waals surface area contributed by atoms with E-state index in [9.17, 15) is 0 Å². The van der Waals surface area contributed by atoms with Crippen LogP contribution in [0.2, 0.25) is 0 Å². The molecule has 2 aliphatic rings. The molecule has 0 aliphatic carbocycles. The van der Waals surface area contributed by atoms with E-state index in [0.29, 0.717) is 0 Å². The molecule has 34 heavy (non-hydrogen) atoms. The summed E-state index contributed by atoms with van der Waals surface area (Å²) in [5.41, 5.74) is 9.31. The second-order valence-electron chi connectivity index (χ2n) is 8.99. The Bertz CT molecular complexity index is 1570. The fourth-order valence-corrected chi connectivity index (χ4v) is 5.31. The third kappa shape index (κ3) is 2.90. The Kier molecular flexibility index (Phi) is 4.19. The number of para-hydroxylation sites is 1. The summed E-state index contributed by atoms with van der Waals surface area (Å²) < 4.78 is 13.1. The van der Waals surface area contributed by atoms with Gasteiger partial charge in [0.15, 0.2) is 0 Å². The van der Waals surface area contributed by atoms with Crippen molar-refractivity contribution >= 4 is 23.1 Å². The van der Waals surface area contributed by atoms with Crippen molar-refractivity contribution in [1.82, 2.24) is 0 Å². The molecule has 0 saturated heterocycles.